The van der Waals surface area contributed by atoms with Crippen LogP contribution in [-0.4, -0.2) is 27.3 Å². The zero-order valence-corrected chi connectivity index (χ0v) is 16.7. The van der Waals surface area contributed by atoms with Gasteiger partial charge in [-0.25, -0.2) is 4.79 Å². The Morgan fingerprint density at radius 2 is 1.66 bits per heavy atom. The van der Waals surface area contributed by atoms with Gasteiger partial charge in [0.05, 0.1) is 21.3 Å². The smallest absolute Gasteiger partial charge is 0.336 e. The van der Waals surface area contributed by atoms with Crippen LogP contribution >= 0.6 is 0 Å². The molecule has 7 heteroatoms. The van der Waals surface area contributed by atoms with E-state index in [4.69, 9.17) is 23.4 Å². The van der Waals surface area contributed by atoms with E-state index < -0.39 is 11.6 Å². The zero-order valence-electron chi connectivity index (χ0n) is 16.7. The molecule has 0 radical (unpaired) electrons. The Hall–Kier alpha value is -3.48. The average molecular weight is 398 g/mol. The summed E-state index contributed by atoms with van der Waals surface area (Å²) in [4.78, 5) is 23.8. The largest absolute Gasteiger partial charge is 0.493 e. The Balaban J connectivity index is 1.72. The van der Waals surface area contributed by atoms with Gasteiger partial charge in [-0.2, -0.15) is 0 Å². The van der Waals surface area contributed by atoms with Gasteiger partial charge in [0.2, 0.25) is 5.75 Å². The van der Waals surface area contributed by atoms with Gasteiger partial charge >= 0.3 is 11.6 Å². The molecule has 0 aliphatic carbocycles. The van der Waals surface area contributed by atoms with Crippen LogP contribution in [0.15, 0.2) is 45.6 Å². The SMILES string of the molecule is COc1cc(CCC(=O)Oc2ccc3c(C)cc(=O)oc3c2)cc(OC)c1OC. The molecule has 3 aromatic rings. The lowest BCUT2D eigenvalue weighted by Crippen LogP contribution is -2.09. The van der Waals surface area contributed by atoms with Crippen molar-refractivity contribution in [1.82, 2.24) is 0 Å². The van der Waals surface area contributed by atoms with Crippen molar-refractivity contribution in [3.05, 3.63) is 57.9 Å². The van der Waals surface area contributed by atoms with Crippen molar-refractivity contribution in [1.29, 1.82) is 0 Å². The highest BCUT2D eigenvalue weighted by molar-refractivity contribution is 5.82. The van der Waals surface area contributed by atoms with E-state index in [1.807, 2.05) is 6.92 Å². The normalized spacial score (nSPS) is 10.6. The van der Waals surface area contributed by atoms with Gasteiger partial charge < -0.3 is 23.4 Å². The number of benzene rings is 2. The lowest BCUT2D eigenvalue weighted by atomic mass is 10.1. The van der Waals surface area contributed by atoms with Crippen molar-refractivity contribution in [2.75, 3.05) is 21.3 Å². The lowest BCUT2D eigenvalue weighted by molar-refractivity contribution is -0.134. The van der Waals surface area contributed by atoms with E-state index in [0.29, 0.717) is 35.0 Å². The lowest BCUT2D eigenvalue weighted by Gasteiger charge is -2.14. The monoisotopic (exact) mass is 398 g/mol. The first-order valence-electron chi connectivity index (χ1n) is 8.99. The van der Waals surface area contributed by atoms with Gasteiger partial charge in [0.25, 0.3) is 0 Å². The fourth-order valence-electron chi connectivity index (χ4n) is 3.08. The molecule has 3 rings (SSSR count). The molecule has 0 N–H and O–H groups in total. The molecule has 1 aromatic heterocycles. The molecule has 29 heavy (non-hydrogen) atoms. The van der Waals surface area contributed by atoms with Crippen molar-refractivity contribution in [2.45, 2.75) is 19.8 Å². The number of rotatable bonds is 7. The predicted octanol–water partition coefficient (Wildman–Crippen LogP) is 3.67. The number of hydrogen-bond donors (Lipinski definition) is 0. The van der Waals surface area contributed by atoms with Crippen LogP contribution in [0.4, 0.5) is 0 Å². The van der Waals surface area contributed by atoms with E-state index in [1.165, 1.54) is 27.4 Å². The van der Waals surface area contributed by atoms with Crippen molar-refractivity contribution in [2.24, 2.45) is 0 Å². The second-order valence-electron chi connectivity index (χ2n) is 6.41. The van der Waals surface area contributed by atoms with Crippen LogP contribution in [0, 0.1) is 6.92 Å². The minimum Gasteiger partial charge on any atom is -0.493 e. The number of aryl methyl sites for hydroxylation is 2. The topological polar surface area (TPSA) is 84.2 Å². The standard InChI is InChI=1S/C22H22O7/c1-13-9-21(24)29-17-12-15(6-7-16(13)17)28-20(23)8-5-14-10-18(25-2)22(27-4)19(11-14)26-3/h6-7,9-12H,5,8H2,1-4H3. The fourth-order valence-corrected chi connectivity index (χ4v) is 3.08. The highest BCUT2D eigenvalue weighted by atomic mass is 16.5. The van der Waals surface area contributed by atoms with E-state index in [0.717, 1.165) is 16.5 Å². The van der Waals surface area contributed by atoms with E-state index >= 15 is 0 Å². The van der Waals surface area contributed by atoms with Crippen LogP contribution in [0.25, 0.3) is 11.0 Å². The van der Waals surface area contributed by atoms with Crippen molar-refractivity contribution < 1.29 is 28.2 Å². The van der Waals surface area contributed by atoms with Crippen LogP contribution in [0.1, 0.15) is 17.5 Å². The molecule has 2 aromatic carbocycles. The fraction of sp³-hybridized carbons (Fsp3) is 0.273. The molecular formula is C22H22O7. The third-order valence-corrected chi connectivity index (χ3v) is 4.50. The Morgan fingerprint density at radius 1 is 0.966 bits per heavy atom. The van der Waals surface area contributed by atoms with Gasteiger partial charge in [-0.1, -0.05) is 0 Å². The van der Waals surface area contributed by atoms with Gasteiger partial charge in [-0.05, 0) is 48.7 Å². The van der Waals surface area contributed by atoms with Crippen LogP contribution in [0.2, 0.25) is 0 Å². The second-order valence-corrected chi connectivity index (χ2v) is 6.41. The van der Waals surface area contributed by atoms with Gasteiger partial charge in [-0.15, -0.1) is 0 Å². The molecule has 0 aliphatic heterocycles. The Morgan fingerprint density at radius 3 is 2.28 bits per heavy atom. The molecule has 0 bridgehead atoms. The van der Waals surface area contributed by atoms with E-state index in [9.17, 15) is 9.59 Å². The molecule has 1 heterocycles. The minimum absolute atomic E-state index is 0.147. The molecule has 7 nitrogen and oxygen atoms in total. The number of esters is 1. The molecule has 152 valence electrons. The first-order chi connectivity index (χ1) is 13.9. The van der Waals surface area contributed by atoms with E-state index in [-0.39, 0.29) is 6.42 Å². The summed E-state index contributed by atoms with van der Waals surface area (Å²) in [6.45, 7) is 1.82. The summed E-state index contributed by atoms with van der Waals surface area (Å²) < 4.78 is 26.5. The van der Waals surface area contributed by atoms with Crippen molar-refractivity contribution in [3.63, 3.8) is 0 Å². The number of carbonyl (C=O) groups is 1. The van der Waals surface area contributed by atoms with Crippen molar-refractivity contribution >= 4 is 16.9 Å². The summed E-state index contributed by atoms with van der Waals surface area (Å²) in [6.07, 6.45) is 0.575. The second kappa shape index (κ2) is 8.68. The number of ether oxygens (including phenoxy) is 4. The maximum absolute atomic E-state index is 12.3. The van der Waals surface area contributed by atoms with Gasteiger partial charge in [-0.3, -0.25) is 4.79 Å². The van der Waals surface area contributed by atoms with Crippen LogP contribution in [-0.2, 0) is 11.2 Å². The molecule has 0 atom stereocenters. The molecular weight excluding hydrogens is 376 g/mol. The first-order valence-corrected chi connectivity index (χ1v) is 8.99. The van der Waals surface area contributed by atoms with Crippen LogP contribution in [0.5, 0.6) is 23.0 Å². The zero-order chi connectivity index (χ0) is 21.0. The Bertz CT molecular complexity index is 1070. The van der Waals surface area contributed by atoms with Gasteiger partial charge in [0, 0.05) is 23.9 Å². The Labute approximate surface area is 167 Å². The van der Waals surface area contributed by atoms with Gasteiger partial charge in [0.15, 0.2) is 11.5 Å². The molecule has 0 aliphatic rings. The maximum Gasteiger partial charge on any atom is 0.336 e. The van der Waals surface area contributed by atoms with Gasteiger partial charge in [0.1, 0.15) is 11.3 Å². The summed E-state index contributed by atoms with van der Waals surface area (Å²) in [7, 11) is 4.61. The van der Waals surface area contributed by atoms with E-state index in [2.05, 4.69) is 0 Å². The van der Waals surface area contributed by atoms with E-state index in [1.54, 1.807) is 30.3 Å². The first kappa shape index (κ1) is 20.3. The molecule has 0 amide bonds. The van der Waals surface area contributed by atoms with Crippen molar-refractivity contribution in [3.8, 4) is 23.0 Å². The summed E-state index contributed by atoms with van der Waals surface area (Å²) in [5, 5.41) is 0.793. The molecule has 0 fully saturated rings. The highest BCUT2D eigenvalue weighted by Gasteiger charge is 2.15. The molecule has 0 saturated heterocycles. The Kier molecular flexibility index (Phi) is 6.07. The maximum atomic E-state index is 12.3. The minimum atomic E-state index is -0.444. The number of methoxy groups -OCH3 is 3. The molecule has 0 unspecified atom stereocenters. The summed E-state index contributed by atoms with van der Waals surface area (Å²) >= 11 is 0. The molecule has 0 spiro atoms. The summed E-state index contributed by atoms with van der Waals surface area (Å²) in [6, 6.07) is 9.98. The third kappa shape index (κ3) is 4.51. The summed E-state index contributed by atoms with van der Waals surface area (Å²) in [5.74, 6) is 1.45. The summed E-state index contributed by atoms with van der Waals surface area (Å²) in [5.41, 5.74) is 1.58. The predicted molar refractivity (Wildman–Crippen MR) is 107 cm³/mol. The third-order valence-electron chi connectivity index (χ3n) is 4.50. The number of carbonyl (C=O) groups excluding carboxylic acids is 1. The van der Waals surface area contributed by atoms with Crippen LogP contribution in [0.3, 0.4) is 0 Å². The number of fused-ring (bicyclic) bond motifs is 1. The molecule has 0 saturated carbocycles. The van der Waals surface area contributed by atoms with Crippen LogP contribution < -0.4 is 24.6 Å². The average Bonchev–Trinajstić information content (AvgIpc) is 2.70. The quantitative estimate of drug-likeness (QED) is 0.341. The number of hydrogen-bond acceptors (Lipinski definition) is 7. The highest BCUT2D eigenvalue weighted by Crippen LogP contribution is 2.38.